The predicted octanol–water partition coefficient (Wildman–Crippen LogP) is 3.57. The number of nitrogens with zero attached hydrogens (tertiary/aromatic N) is 1. The molecule has 1 aliphatic rings. The van der Waals surface area contributed by atoms with Crippen molar-refractivity contribution >= 4 is 6.03 Å². The molecule has 7 heteroatoms. The first-order chi connectivity index (χ1) is 11.2. The third-order valence-corrected chi connectivity index (χ3v) is 4.20. The van der Waals surface area contributed by atoms with Gasteiger partial charge in [0.25, 0.3) is 0 Å². The molecule has 1 saturated heterocycles. The smallest absolute Gasteiger partial charge is 0.391 e. The largest absolute Gasteiger partial charge is 0.416 e. The van der Waals surface area contributed by atoms with E-state index >= 15 is 0 Å². The van der Waals surface area contributed by atoms with E-state index in [9.17, 15) is 23.1 Å². The van der Waals surface area contributed by atoms with Crippen LogP contribution in [0.25, 0.3) is 0 Å². The molecule has 134 valence electrons. The van der Waals surface area contributed by atoms with Crippen LogP contribution in [0.3, 0.4) is 0 Å². The van der Waals surface area contributed by atoms with Gasteiger partial charge in [-0.2, -0.15) is 13.2 Å². The van der Waals surface area contributed by atoms with Crippen molar-refractivity contribution in [3.05, 3.63) is 35.4 Å². The number of hydrogen-bond donors (Lipinski definition) is 2. The maximum absolute atomic E-state index is 12.9. The summed E-state index contributed by atoms with van der Waals surface area (Å²) >= 11 is 0. The summed E-state index contributed by atoms with van der Waals surface area (Å²) in [5.41, 5.74) is -0.306. The number of urea groups is 1. The van der Waals surface area contributed by atoms with Crippen molar-refractivity contribution in [3.63, 3.8) is 0 Å². The van der Waals surface area contributed by atoms with E-state index in [4.69, 9.17) is 0 Å². The number of alkyl halides is 3. The number of aliphatic hydroxyl groups excluding tert-OH is 1. The number of hydrogen-bond acceptors (Lipinski definition) is 2. The van der Waals surface area contributed by atoms with E-state index in [1.165, 1.54) is 11.0 Å². The van der Waals surface area contributed by atoms with Crippen LogP contribution in [0.1, 0.15) is 43.9 Å². The number of carbonyl (C=O) groups excluding carboxylic acids is 1. The number of halogens is 3. The third kappa shape index (κ3) is 4.63. The molecule has 1 fully saturated rings. The summed E-state index contributed by atoms with van der Waals surface area (Å²) < 4.78 is 38.7. The molecule has 24 heavy (non-hydrogen) atoms. The Labute approximate surface area is 139 Å². The molecule has 4 nitrogen and oxygen atoms in total. The van der Waals surface area contributed by atoms with Gasteiger partial charge < -0.3 is 15.3 Å². The molecule has 1 aromatic carbocycles. The number of aliphatic hydroxyl groups is 1. The zero-order valence-corrected chi connectivity index (χ0v) is 13.8. The molecule has 2 rings (SSSR count). The molecule has 2 atom stereocenters. The van der Waals surface area contributed by atoms with Gasteiger partial charge in [0.1, 0.15) is 0 Å². The van der Waals surface area contributed by atoms with E-state index in [1.807, 2.05) is 13.8 Å². The summed E-state index contributed by atoms with van der Waals surface area (Å²) in [6, 6.07) is 4.15. The highest BCUT2D eigenvalue weighted by Crippen LogP contribution is 2.32. The minimum atomic E-state index is -4.42. The molecule has 2 amide bonds. The Morgan fingerprint density at radius 1 is 1.38 bits per heavy atom. The summed E-state index contributed by atoms with van der Waals surface area (Å²) in [4.78, 5) is 13.9. The van der Waals surface area contributed by atoms with E-state index in [2.05, 4.69) is 5.32 Å². The number of benzene rings is 1. The monoisotopic (exact) mass is 344 g/mol. The number of amides is 2. The van der Waals surface area contributed by atoms with Crippen molar-refractivity contribution in [2.45, 2.75) is 45.0 Å². The Morgan fingerprint density at radius 2 is 2.08 bits per heavy atom. The summed E-state index contributed by atoms with van der Waals surface area (Å²) in [7, 11) is 0. The van der Waals surface area contributed by atoms with Crippen LogP contribution in [-0.2, 0) is 6.18 Å². The average Bonchev–Trinajstić information content (AvgIpc) is 2.51. The van der Waals surface area contributed by atoms with Crippen molar-refractivity contribution in [2.75, 3.05) is 13.1 Å². The third-order valence-electron chi connectivity index (χ3n) is 4.20. The van der Waals surface area contributed by atoms with Crippen LogP contribution in [-0.4, -0.2) is 35.2 Å². The molecule has 0 aliphatic carbocycles. The zero-order chi connectivity index (χ0) is 17.9. The van der Waals surface area contributed by atoms with Gasteiger partial charge in [-0.1, -0.05) is 26.0 Å². The number of rotatable bonds is 3. The highest BCUT2D eigenvalue weighted by Gasteiger charge is 2.32. The molecule has 1 aliphatic heterocycles. The summed E-state index contributed by atoms with van der Waals surface area (Å²) in [5, 5.41) is 12.5. The van der Waals surface area contributed by atoms with Crippen LogP contribution >= 0.6 is 0 Å². The second-order valence-electron chi connectivity index (χ2n) is 6.54. The standard InChI is InChI=1S/C17H23F3N2O2/c1-11(2)15(12-5-3-6-13(9-12)17(18,19)20)21-16(24)22-8-4-7-14(23)10-22/h3,5-6,9,11,14-15,23H,4,7-8,10H2,1-2H3,(H,21,24). The molecule has 1 aromatic rings. The lowest BCUT2D eigenvalue weighted by atomic mass is 9.94. The highest BCUT2D eigenvalue weighted by molar-refractivity contribution is 5.75. The van der Waals surface area contributed by atoms with Gasteiger partial charge in [0.05, 0.1) is 17.7 Å². The Balaban J connectivity index is 2.16. The minimum Gasteiger partial charge on any atom is -0.391 e. The first kappa shape index (κ1) is 18.6. The number of likely N-dealkylation sites (tertiary alicyclic amines) is 1. The molecule has 0 bridgehead atoms. The van der Waals surface area contributed by atoms with Crippen molar-refractivity contribution < 1.29 is 23.1 Å². The second-order valence-corrected chi connectivity index (χ2v) is 6.54. The van der Waals surface area contributed by atoms with Crippen molar-refractivity contribution in [1.82, 2.24) is 10.2 Å². The molecule has 1 heterocycles. The number of nitrogens with one attached hydrogen (secondary N) is 1. The number of β-amino-alcohol motifs (C(OH)–C–C–N with tert-alkyl or cyclic N) is 1. The van der Waals surface area contributed by atoms with Gasteiger partial charge in [-0.05, 0) is 36.5 Å². The molecule has 2 unspecified atom stereocenters. The van der Waals surface area contributed by atoms with Crippen LogP contribution < -0.4 is 5.32 Å². The van der Waals surface area contributed by atoms with E-state index in [0.29, 0.717) is 24.9 Å². The molecule has 0 aromatic heterocycles. The fourth-order valence-corrected chi connectivity index (χ4v) is 2.91. The highest BCUT2D eigenvalue weighted by atomic mass is 19.4. The van der Waals surface area contributed by atoms with Gasteiger partial charge in [0.2, 0.25) is 0 Å². The molecule has 0 spiro atoms. The molecule has 2 N–H and O–H groups in total. The van der Waals surface area contributed by atoms with E-state index < -0.39 is 23.9 Å². The normalized spacial score (nSPS) is 20.1. The second kappa shape index (κ2) is 7.42. The molecular formula is C17H23F3N2O2. The lowest BCUT2D eigenvalue weighted by molar-refractivity contribution is -0.137. The van der Waals surface area contributed by atoms with Crippen LogP contribution in [0.15, 0.2) is 24.3 Å². The maximum atomic E-state index is 12.9. The van der Waals surface area contributed by atoms with Crippen molar-refractivity contribution in [2.24, 2.45) is 5.92 Å². The summed E-state index contributed by atoms with van der Waals surface area (Å²) in [5.74, 6) is -0.0767. The minimum absolute atomic E-state index is 0.0767. The SMILES string of the molecule is CC(C)C(NC(=O)N1CCCC(O)C1)c1cccc(C(F)(F)F)c1. The van der Waals surface area contributed by atoms with Crippen LogP contribution in [0.5, 0.6) is 0 Å². The molecular weight excluding hydrogens is 321 g/mol. The van der Waals surface area contributed by atoms with Gasteiger partial charge in [-0.15, -0.1) is 0 Å². The topological polar surface area (TPSA) is 52.6 Å². The zero-order valence-electron chi connectivity index (χ0n) is 13.8. The van der Waals surface area contributed by atoms with Gasteiger partial charge in [-0.3, -0.25) is 0 Å². The van der Waals surface area contributed by atoms with Gasteiger partial charge in [0.15, 0.2) is 0 Å². The Morgan fingerprint density at radius 3 is 2.67 bits per heavy atom. The quantitative estimate of drug-likeness (QED) is 0.881. The Hall–Kier alpha value is -1.76. The molecule has 0 saturated carbocycles. The summed E-state index contributed by atoms with van der Waals surface area (Å²) in [6.07, 6.45) is -3.59. The Kier molecular flexibility index (Phi) is 5.74. The fraction of sp³-hybridized carbons (Fsp3) is 0.588. The number of carbonyl (C=O) groups is 1. The maximum Gasteiger partial charge on any atom is 0.416 e. The van der Waals surface area contributed by atoms with Gasteiger partial charge in [-0.25, -0.2) is 4.79 Å². The Bertz CT molecular complexity index is 575. The summed E-state index contributed by atoms with van der Waals surface area (Å²) in [6.45, 7) is 4.47. The lowest BCUT2D eigenvalue weighted by Crippen LogP contribution is -2.48. The van der Waals surface area contributed by atoms with Crippen molar-refractivity contribution in [1.29, 1.82) is 0 Å². The predicted molar refractivity (Wildman–Crippen MR) is 84.4 cm³/mol. The van der Waals surface area contributed by atoms with Gasteiger partial charge >= 0.3 is 12.2 Å². The van der Waals surface area contributed by atoms with Crippen LogP contribution in [0.4, 0.5) is 18.0 Å². The van der Waals surface area contributed by atoms with Crippen LogP contribution in [0, 0.1) is 5.92 Å². The first-order valence-electron chi connectivity index (χ1n) is 8.09. The number of piperidine rings is 1. The van der Waals surface area contributed by atoms with Gasteiger partial charge in [0, 0.05) is 13.1 Å². The van der Waals surface area contributed by atoms with E-state index in [0.717, 1.165) is 12.1 Å². The van der Waals surface area contributed by atoms with E-state index in [1.54, 1.807) is 6.07 Å². The first-order valence-corrected chi connectivity index (χ1v) is 8.09. The van der Waals surface area contributed by atoms with Crippen molar-refractivity contribution in [3.8, 4) is 0 Å². The van der Waals surface area contributed by atoms with E-state index in [-0.39, 0.29) is 18.5 Å². The molecule has 0 radical (unpaired) electrons. The average molecular weight is 344 g/mol. The fourth-order valence-electron chi connectivity index (χ4n) is 2.91. The van der Waals surface area contributed by atoms with Crippen LogP contribution in [0.2, 0.25) is 0 Å². The lowest BCUT2D eigenvalue weighted by Gasteiger charge is -2.33.